The Morgan fingerprint density at radius 3 is 2.95 bits per heavy atom. The normalized spacial score (nSPS) is 18.4. The monoisotopic (exact) mass is 304 g/mol. The standard InChI is InChI=1S/C13H16N6O3/c1-8-9(18-22-17-8)6-11(20)19-4-5-21-10(7-19)12-13(14)16-3-2-15-12/h2-3,10H,4-7H2,1H3,(H2,14,16)/t10-/m1/s1. The minimum absolute atomic E-state index is 0.0606. The minimum Gasteiger partial charge on any atom is -0.382 e. The van der Waals surface area contributed by atoms with Gasteiger partial charge in [-0.25, -0.2) is 9.61 Å². The number of hydrogen-bond acceptors (Lipinski definition) is 8. The molecule has 22 heavy (non-hydrogen) atoms. The van der Waals surface area contributed by atoms with Crippen molar-refractivity contribution in [2.75, 3.05) is 25.4 Å². The smallest absolute Gasteiger partial charge is 0.228 e. The zero-order valence-electron chi connectivity index (χ0n) is 12.1. The second-order valence-corrected chi connectivity index (χ2v) is 5.00. The van der Waals surface area contributed by atoms with E-state index in [0.717, 1.165) is 0 Å². The van der Waals surface area contributed by atoms with E-state index in [0.29, 0.717) is 42.6 Å². The fourth-order valence-electron chi connectivity index (χ4n) is 2.31. The Bertz CT molecular complexity index is 673. The first-order valence-electron chi connectivity index (χ1n) is 6.89. The maximum Gasteiger partial charge on any atom is 0.228 e. The molecular weight excluding hydrogens is 288 g/mol. The van der Waals surface area contributed by atoms with Crippen LogP contribution in [0.5, 0.6) is 0 Å². The summed E-state index contributed by atoms with van der Waals surface area (Å²) in [5, 5.41) is 7.41. The fraction of sp³-hybridized carbons (Fsp3) is 0.462. The van der Waals surface area contributed by atoms with Crippen LogP contribution < -0.4 is 5.73 Å². The van der Waals surface area contributed by atoms with Gasteiger partial charge >= 0.3 is 0 Å². The van der Waals surface area contributed by atoms with Crippen LogP contribution >= 0.6 is 0 Å². The lowest BCUT2D eigenvalue weighted by atomic mass is 10.1. The Morgan fingerprint density at radius 2 is 2.23 bits per heavy atom. The zero-order valence-corrected chi connectivity index (χ0v) is 12.1. The maximum absolute atomic E-state index is 12.4. The van der Waals surface area contributed by atoms with Crippen LogP contribution in [0.3, 0.4) is 0 Å². The van der Waals surface area contributed by atoms with Gasteiger partial charge in [-0.05, 0) is 6.92 Å². The average Bonchev–Trinajstić information content (AvgIpc) is 2.93. The molecule has 1 saturated heterocycles. The largest absolute Gasteiger partial charge is 0.382 e. The van der Waals surface area contributed by atoms with Gasteiger partial charge in [-0.1, -0.05) is 10.3 Å². The highest BCUT2D eigenvalue weighted by Gasteiger charge is 2.28. The van der Waals surface area contributed by atoms with E-state index in [9.17, 15) is 4.79 Å². The molecule has 1 aliphatic heterocycles. The topological polar surface area (TPSA) is 120 Å². The lowest BCUT2D eigenvalue weighted by Gasteiger charge is -2.32. The van der Waals surface area contributed by atoms with Gasteiger partial charge in [-0.3, -0.25) is 9.78 Å². The number of anilines is 1. The number of hydrogen-bond donors (Lipinski definition) is 1. The number of rotatable bonds is 3. The van der Waals surface area contributed by atoms with Crippen LogP contribution in [0.2, 0.25) is 0 Å². The van der Waals surface area contributed by atoms with Crippen LogP contribution in [0.25, 0.3) is 0 Å². The van der Waals surface area contributed by atoms with Crippen molar-refractivity contribution < 1.29 is 14.2 Å². The quantitative estimate of drug-likeness (QED) is 0.834. The first kappa shape index (κ1) is 14.4. The predicted octanol–water partition coefficient (Wildman–Crippen LogP) is -0.107. The Labute approximate surface area is 126 Å². The van der Waals surface area contributed by atoms with Gasteiger partial charge in [-0.15, -0.1) is 0 Å². The summed E-state index contributed by atoms with van der Waals surface area (Å²) in [7, 11) is 0. The van der Waals surface area contributed by atoms with Gasteiger partial charge in [0.25, 0.3) is 0 Å². The Hall–Kier alpha value is -2.55. The van der Waals surface area contributed by atoms with Crippen LogP contribution in [-0.4, -0.2) is 50.8 Å². The molecule has 116 valence electrons. The Kier molecular flexibility index (Phi) is 3.96. The molecule has 0 aromatic carbocycles. The van der Waals surface area contributed by atoms with Crippen LogP contribution in [-0.2, 0) is 16.0 Å². The molecule has 0 unspecified atom stereocenters. The molecule has 0 aliphatic carbocycles. The molecule has 2 N–H and O–H groups in total. The van der Waals surface area contributed by atoms with Crippen molar-refractivity contribution in [2.24, 2.45) is 0 Å². The number of aryl methyl sites for hydroxylation is 1. The summed E-state index contributed by atoms with van der Waals surface area (Å²) in [6, 6.07) is 0. The van der Waals surface area contributed by atoms with Crippen molar-refractivity contribution in [1.29, 1.82) is 0 Å². The van der Waals surface area contributed by atoms with E-state index in [1.54, 1.807) is 18.0 Å². The van der Waals surface area contributed by atoms with E-state index in [4.69, 9.17) is 10.5 Å². The van der Waals surface area contributed by atoms with Gasteiger partial charge in [-0.2, -0.15) is 0 Å². The fourth-order valence-corrected chi connectivity index (χ4v) is 2.31. The number of nitrogens with zero attached hydrogens (tertiary/aromatic N) is 5. The van der Waals surface area contributed by atoms with Crippen molar-refractivity contribution in [3.8, 4) is 0 Å². The molecule has 1 aliphatic rings. The van der Waals surface area contributed by atoms with Gasteiger partial charge in [0, 0.05) is 18.9 Å². The first-order valence-corrected chi connectivity index (χ1v) is 6.89. The van der Waals surface area contributed by atoms with Crippen LogP contribution in [0.1, 0.15) is 23.2 Å². The van der Waals surface area contributed by atoms with Crippen molar-refractivity contribution in [3.05, 3.63) is 29.5 Å². The van der Waals surface area contributed by atoms with E-state index in [2.05, 4.69) is 24.9 Å². The molecule has 9 nitrogen and oxygen atoms in total. The summed E-state index contributed by atoms with van der Waals surface area (Å²) < 4.78 is 10.3. The third-order valence-corrected chi connectivity index (χ3v) is 3.55. The highest BCUT2D eigenvalue weighted by molar-refractivity contribution is 5.78. The zero-order chi connectivity index (χ0) is 15.5. The molecular formula is C13H16N6O3. The van der Waals surface area contributed by atoms with E-state index in [-0.39, 0.29) is 18.4 Å². The van der Waals surface area contributed by atoms with E-state index in [1.807, 2.05) is 0 Å². The molecule has 3 rings (SSSR count). The van der Waals surface area contributed by atoms with E-state index in [1.165, 1.54) is 6.20 Å². The van der Waals surface area contributed by atoms with Gasteiger partial charge in [0.05, 0.1) is 19.6 Å². The molecule has 2 aromatic rings. The van der Waals surface area contributed by atoms with Crippen LogP contribution in [0.15, 0.2) is 17.0 Å². The summed E-state index contributed by atoms with van der Waals surface area (Å²) in [5.74, 6) is 0.257. The molecule has 3 heterocycles. The molecule has 0 spiro atoms. The van der Waals surface area contributed by atoms with E-state index >= 15 is 0 Å². The van der Waals surface area contributed by atoms with Crippen LogP contribution in [0.4, 0.5) is 5.82 Å². The molecule has 0 bridgehead atoms. The molecule has 1 amide bonds. The number of nitrogen functional groups attached to an aromatic ring is 1. The summed E-state index contributed by atoms with van der Waals surface area (Å²) in [6.07, 6.45) is 2.85. The summed E-state index contributed by atoms with van der Waals surface area (Å²) >= 11 is 0. The number of ether oxygens (including phenoxy) is 1. The lowest BCUT2D eigenvalue weighted by Crippen LogP contribution is -2.43. The summed E-state index contributed by atoms with van der Waals surface area (Å²) in [4.78, 5) is 22.3. The molecule has 1 atom stereocenters. The lowest BCUT2D eigenvalue weighted by molar-refractivity contribution is -0.138. The molecule has 0 saturated carbocycles. The van der Waals surface area contributed by atoms with Gasteiger partial charge in [0.1, 0.15) is 29.0 Å². The number of amides is 1. The van der Waals surface area contributed by atoms with Gasteiger partial charge < -0.3 is 15.4 Å². The predicted molar refractivity (Wildman–Crippen MR) is 74.5 cm³/mol. The van der Waals surface area contributed by atoms with E-state index < -0.39 is 0 Å². The van der Waals surface area contributed by atoms with Crippen molar-refractivity contribution in [3.63, 3.8) is 0 Å². The molecule has 2 aromatic heterocycles. The second-order valence-electron chi connectivity index (χ2n) is 5.00. The van der Waals surface area contributed by atoms with Crippen molar-refractivity contribution in [2.45, 2.75) is 19.4 Å². The third kappa shape index (κ3) is 2.89. The molecule has 9 heteroatoms. The average molecular weight is 304 g/mol. The Balaban J connectivity index is 1.69. The summed E-state index contributed by atoms with van der Waals surface area (Å²) in [6.45, 7) is 3.07. The number of morpholine rings is 1. The molecule has 0 radical (unpaired) electrons. The first-order chi connectivity index (χ1) is 10.6. The maximum atomic E-state index is 12.4. The van der Waals surface area contributed by atoms with Gasteiger partial charge in [0.2, 0.25) is 5.91 Å². The summed E-state index contributed by atoms with van der Waals surface area (Å²) in [5.41, 5.74) is 7.54. The SMILES string of the molecule is Cc1nonc1CC(=O)N1CCO[C@@H](c2nccnc2N)C1. The number of carbonyl (C=O) groups is 1. The number of nitrogens with two attached hydrogens (primary N) is 1. The number of aromatic nitrogens is 4. The highest BCUT2D eigenvalue weighted by atomic mass is 16.6. The second kappa shape index (κ2) is 6.06. The highest BCUT2D eigenvalue weighted by Crippen LogP contribution is 2.24. The van der Waals surface area contributed by atoms with Crippen LogP contribution in [0, 0.1) is 6.92 Å². The minimum atomic E-state index is -0.372. The van der Waals surface area contributed by atoms with Gasteiger partial charge in [0.15, 0.2) is 0 Å². The van der Waals surface area contributed by atoms with Crippen molar-refractivity contribution in [1.82, 2.24) is 25.2 Å². The third-order valence-electron chi connectivity index (χ3n) is 3.55. The Morgan fingerprint density at radius 1 is 1.41 bits per heavy atom. The number of carbonyl (C=O) groups excluding carboxylic acids is 1. The molecule has 1 fully saturated rings. The van der Waals surface area contributed by atoms with Crippen molar-refractivity contribution >= 4 is 11.7 Å².